The van der Waals surface area contributed by atoms with E-state index in [1.165, 1.54) is 7.11 Å². The molecular formula is C26H28N2O5S. The van der Waals surface area contributed by atoms with Gasteiger partial charge in [0, 0.05) is 11.3 Å². The monoisotopic (exact) mass is 480 g/mol. The summed E-state index contributed by atoms with van der Waals surface area (Å²) in [6.45, 7) is 7.58. The van der Waals surface area contributed by atoms with E-state index in [-0.39, 0.29) is 11.4 Å². The quantitative estimate of drug-likeness (QED) is 0.391. The number of nitrogens with zero attached hydrogens (tertiary/aromatic N) is 1. The lowest BCUT2D eigenvalue weighted by molar-refractivity contribution is -0.127. The number of allylic oxidation sites excluding steroid dienone is 1. The van der Waals surface area contributed by atoms with Gasteiger partial charge in [0.05, 0.1) is 19.1 Å². The van der Waals surface area contributed by atoms with Crippen LogP contribution in [0.3, 0.4) is 0 Å². The van der Waals surface area contributed by atoms with Crippen molar-refractivity contribution in [1.29, 1.82) is 0 Å². The van der Waals surface area contributed by atoms with Gasteiger partial charge in [0.2, 0.25) is 5.91 Å². The number of ether oxygens (including phenoxy) is 2. The molecular weight excluding hydrogens is 452 g/mol. The number of rotatable bonds is 9. The first-order valence-corrected chi connectivity index (χ1v) is 11.6. The van der Waals surface area contributed by atoms with Crippen LogP contribution >= 0.6 is 11.8 Å². The molecule has 0 unspecified atom stereocenters. The van der Waals surface area contributed by atoms with Crippen LogP contribution in [0.25, 0.3) is 6.08 Å². The van der Waals surface area contributed by atoms with Crippen molar-refractivity contribution in [2.24, 2.45) is 0 Å². The maximum Gasteiger partial charge on any atom is 0.294 e. The number of thioether (sulfide) groups is 1. The molecule has 178 valence electrons. The zero-order valence-electron chi connectivity index (χ0n) is 19.7. The van der Waals surface area contributed by atoms with Crippen molar-refractivity contribution in [2.75, 3.05) is 26.1 Å². The van der Waals surface area contributed by atoms with Crippen molar-refractivity contribution in [2.45, 2.75) is 26.2 Å². The highest BCUT2D eigenvalue weighted by Gasteiger charge is 2.36. The normalized spacial score (nSPS) is 14.6. The van der Waals surface area contributed by atoms with Gasteiger partial charge in [-0.05, 0) is 65.6 Å². The van der Waals surface area contributed by atoms with Gasteiger partial charge in [-0.25, -0.2) is 0 Å². The minimum atomic E-state index is -0.514. The molecule has 1 aliphatic rings. The zero-order valence-corrected chi connectivity index (χ0v) is 20.5. The van der Waals surface area contributed by atoms with Gasteiger partial charge in [0.25, 0.3) is 11.1 Å². The Labute approximate surface area is 203 Å². The van der Waals surface area contributed by atoms with Crippen molar-refractivity contribution in [3.63, 3.8) is 0 Å². The molecule has 0 spiro atoms. The SMILES string of the molecule is C=CCc1cc(/C=C2\SC(=O)N(CC(=O)Nc3ccc(C(C)C)cc3)C2=O)cc(OC)c1OC. The minimum Gasteiger partial charge on any atom is -0.493 e. The lowest BCUT2D eigenvalue weighted by atomic mass is 10.0. The number of hydrogen-bond donors (Lipinski definition) is 1. The fourth-order valence-electron chi connectivity index (χ4n) is 3.54. The Morgan fingerprint density at radius 2 is 1.85 bits per heavy atom. The maximum absolute atomic E-state index is 12.9. The van der Waals surface area contributed by atoms with Gasteiger partial charge in [-0.1, -0.05) is 32.1 Å². The number of methoxy groups -OCH3 is 2. The van der Waals surface area contributed by atoms with Crippen molar-refractivity contribution in [1.82, 2.24) is 4.90 Å². The molecule has 1 aliphatic heterocycles. The van der Waals surface area contributed by atoms with Crippen molar-refractivity contribution >= 4 is 40.6 Å². The van der Waals surface area contributed by atoms with Gasteiger partial charge in [-0.3, -0.25) is 19.3 Å². The molecule has 0 atom stereocenters. The van der Waals surface area contributed by atoms with Crippen LogP contribution in [-0.2, 0) is 16.0 Å². The van der Waals surface area contributed by atoms with Gasteiger partial charge in [0.1, 0.15) is 6.54 Å². The van der Waals surface area contributed by atoms with E-state index in [2.05, 4.69) is 25.7 Å². The molecule has 7 nitrogen and oxygen atoms in total. The van der Waals surface area contributed by atoms with Crippen LogP contribution in [0.4, 0.5) is 10.5 Å². The van der Waals surface area contributed by atoms with E-state index in [1.54, 1.807) is 37.5 Å². The molecule has 0 bridgehead atoms. The molecule has 1 heterocycles. The van der Waals surface area contributed by atoms with Crippen LogP contribution in [0.15, 0.2) is 54.0 Å². The highest BCUT2D eigenvalue weighted by atomic mass is 32.2. The summed E-state index contributed by atoms with van der Waals surface area (Å²) in [6.07, 6.45) is 3.90. The highest BCUT2D eigenvalue weighted by Crippen LogP contribution is 2.37. The predicted octanol–water partition coefficient (Wildman–Crippen LogP) is 5.23. The first kappa shape index (κ1) is 25.1. The third kappa shape index (κ3) is 5.69. The standard InChI is InChI=1S/C26H28N2O5S/c1-6-7-19-12-17(13-21(32-4)24(19)33-5)14-22-25(30)28(26(31)34-22)15-23(29)27-20-10-8-18(9-11-20)16(2)3/h6,8-14,16H,1,7,15H2,2-5H3,(H,27,29)/b22-14-. The molecule has 3 amide bonds. The second-order valence-corrected chi connectivity index (χ2v) is 8.99. The Hall–Kier alpha value is -3.52. The average molecular weight is 481 g/mol. The molecule has 2 aromatic rings. The smallest absolute Gasteiger partial charge is 0.294 e. The van der Waals surface area contributed by atoms with E-state index in [0.717, 1.165) is 27.8 Å². The van der Waals surface area contributed by atoms with E-state index in [1.807, 2.05) is 18.2 Å². The topological polar surface area (TPSA) is 84.9 Å². The summed E-state index contributed by atoms with van der Waals surface area (Å²) in [7, 11) is 3.08. The first-order valence-electron chi connectivity index (χ1n) is 10.8. The van der Waals surface area contributed by atoms with Gasteiger partial charge in [-0.15, -0.1) is 6.58 Å². The predicted molar refractivity (Wildman–Crippen MR) is 135 cm³/mol. The summed E-state index contributed by atoms with van der Waals surface area (Å²) < 4.78 is 10.9. The molecule has 1 N–H and O–H groups in total. The second kappa shape index (κ2) is 11.1. The summed E-state index contributed by atoms with van der Waals surface area (Å²) in [5.41, 5.74) is 3.28. The maximum atomic E-state index is 12.9. The summed E-state index contributed by atoms with van der Waals surface area (Å²) in [4.78, 5) is 39.0. The molecule has 0 aromatic heterocycles. The Morgan fingerprint density at radius 3 is 2.44 bits per heavy atom. The Balaban J connectivity index is 1.75. The number of carbonyl (C=O) groups is 3. The number of imide groups is 1. The molecule has 3 rings (SSSR count). The molecule has 2 aromatic carbocycles. The van der Waals surface area contributed by atoms with Crippen LogP contribution in [0.5, 0.6) is 11.5 Å². The van der Waals surface area contributed by atoms with Gasteiger partial charge in [-0.2, -0.15) is 0 Å². The van der Waals surface area contributed by atoms with Crippen molar-refractivity contribution < 1.29 is 23.9 Å². The molecule has 1 fully saturated rings. The molecule has 1 saturated heterocycles. The van der Waals surface area contributed by atoms with E-state index < -0.39 is 17.1 Å². The van der Waals surface area contributed by atoms with Crippen LogP contribution < -0.4 is 14.8 Å². The molecule has 0 radical (unpaired) electrons. The van der Waals surface area contributed by atoms with Crippen LogP contribution in [-0.4, -0.2) is 42.7 Å². The van der Waals surface area contributed by atoms with Gasteiger partial charge in [0.15, 0.2) is 11.5 Å². The van der Waals surface area contributed by atoms with Gasteiger partial charge >= 0.3 is 0 Å². The number of amides is 3. The minimum absolute atomic E-state index is 0.232. The third-order valence-corrected chi connectivity index (χ3v) is 6.18. The molecule has 0 saturated carbocycles. The fraction of sp³-hybridized carbons (Fsp3) is 0.269. The zero-order chi connectivity index (χ0) is 24.8. The van der Waals surface area contributed by atoms with Gasteiger partial charge < -0.3 is 14.8 Å². The highest BCUT2D eigenvalue weighted by molar-refractivity contribution is 8.18. The summed E-state index contributed by atoms with van der Waals surface area (Å²) in [5.74, 6) is 0.520. The number of benzene rings is 2. The van der Waals surface area contributed by atoms with Crippen molar-refractivity contribution in [3.8, 4) is 11.5 Å². The molecule has 34 heavy (non-hydrogen) atoms. The summed E-state index contributed by atoms with van der Waals surface area (Å²) in [5, 5.41) is 2.24. The molecule has 0 aliphatic carbocycles. The first-order chi connectivity index (χ1) is 16.3. The fourth-order valence-corrected chi connectivity index (χ4v) is 4.38. The number of anilines is 1. The largest absolute Gasteiger partial charge is 0.493 e. The Morgan fingerprint density at radius 1 is 1.15 bits per heavy atom. The van der Waals surface area contributed by atoms with E-state index in [4.69, 9.17) is 9.47 Å². The third-order valence-electron chi connectivity index (χ3n) is 5.28. The summed E-state index contributed by atoms with van der Waals surface area (Å²) >= 11 is 0.799. The average Bonchev–Trinajstić information content (AvgIpc) is 3.06. The lowest BCUT2D eigenvalue weighted by Gasteiger charge is -2.14. The molecule has 8 heteroatoms. The van der Waals surface area contributed by atoms with Crippen molar-refractivity contribution in [3.05, 3.63) is 70.6 Å². The van der Waals surface area contributed by atoms with E-state index in [0.29, 0.717) is 35.1 Å². The lowest BCUT2D eigenvalue weighted by Crippen LogP contribution is -2.36. The summed E-state index contributed by atoms with van der Waals surface area (Å²) in [6, 6.07) is 11.1. The van der Waals surface area contributed by atoms with Crippen LogP contribution in [0.1, 0.15) is 36.5 Å². The van der Waals surface area contributed by atoms with E-state index >= 15 is 0 Å². The van der Waals surface area contributed by atoms with E-state index in [9.17, 15) is 14.4 Å². The van der Waals surface area contributed by atoms with Crippen LogP contribution in [0.2, 0.25) is 0 Å². The number of hydrogen-bond acceptors (Lipinski definition) is 6. The number of carbonyl (C=O) groups excluding carboxylic acids is 3. The Kier molecular flexibility index (Phi) is 8.17. The second-order valence-electron chi connectivity index (χ2n) is 8.00. The number of nitrogens with one attached hydrogen (secondary N) is 1. The Bertz CT molecular complexity index is 1140. The van der Waals surface area contributed by atoms with Crippen LogP contribution in [0, 0.1) is 0 Å².